The molecule has 26 heavy (non-hydrogen) atoms. The molecule has 6 nitrogen and oxygen atoms in total. The number of carbonyl (C=O) groups excluding carboxylic acids is 1. The first kappa shape index (κ1) is 17.5. The zero-order valence-electron chi connectivity index (χ0n) is 13.7. The van der Waals surface area contributed by atoms with Crippen LogP contribution in [0.25, 0.3) is 5.65 Å². The molecule has 3 aromatic rings. The first-order valence-corrected chi connectivity index (χ1v) is 7.64. The van der Waals surface area contributed by atoms with Crippen LogP contribution in [0.15, 0.2) is 53.3 Å². The summed E-state index contributed by atoms with van der Waals surface area (Å²) in [5.74, 6) is -0.886. The van der Waals surface area contributed by atoms with Crippen LogP contribution < -0.4 is 10.3 Å². The molecule has 2 heterocycles. The van der Waals surface area contributed by atoms with Gasteiger partial charge in [-0.3, -0.25) is 9.20 Å². The van der Waals surface area contributed by atoms with E-state index in [1.54, 1.807) is 25.1 Å². The number of carbonyl (C=O) groups is 1. The molecule has 3 rings (SSSR count). The third kappa shape index (κ3) is 3.85. The van der Waals surface area contributed by atoms with Crippen LogP contribution in [0, 0.1) is 6.92 Å². The lowest BCUT2D eigenvalue weighted by atomic mass is 10.2. The van der Waals surface area contributed by atoms with E-state index in [1.807, 2.05) is 0 Å². The van der Waals surface area contributed by atoms with Crippen molar-refractivity contribution in [2.24, 2.45) is 0 Å². The minimum absolute atomic E-state index is 0.0523. The van der Waals surface area contributed by atoms with Crippen LogP contribution in [-0.2, 0) is 11.3 Å². The molecule has 0 spiro atoms. The van der Waals surface area contributed by atoms with Crippen LogP contribution in [-0.4, -0.2) is 22.0 Å². The van der Waals surface area contributed by atoms with Crippen molar-refractivity contribution >= 4 is 11.6 Å². The molecule has 0 aliphatic carbocycles. The van der Waals surface area contributed by atoms with Gasteiger partial charge in [0.15, 0.2) is 0 Å². The van der Waals surface area contributed by atoms with Crippen LogP contribution in [0.3, 0.4) is 0 Å². The molecule has 0 bridgehead atoms. The van der Waals surface area contributed by atoms with E-state index in [-0.39, 0.29) is 29.2 Å². The van der Waals surface area contributed by atoms with Crippen molar-refractivity contribution < 1.29 is 23.0 Å². The molecule has 0 N–H and O–H groups in total. The van der Waals surface area contributed by atoms with Crippen molar-refractivity contribution in [3.63, 3.8) is 0 Å². The minimum Gasteiger partial charge on any atom is -0.456 e. The highest BCUT2D eigenvalue weighted by Gasteiger charge is 2.12. The summed E-state index contributed by atoms with van der Waals surface area (Å²) >= 11 is 0. The first-order chi connectivity index (χ1) is 12.4. The smallest absolute Gasteiger partial charge is 0.387 e. The summed E-state index contributed by atoms with van der Waals surface area (Å²) < 4.78 is 35.3. The molecule has 0 radical (unpaired) electrons. The molecular formula is C18H14F2N2O4. The SMILES string of the molecule is Cc1cccc2nc(COC(=O)c3cccc(OC(F)F)c3)cc(=O)n12. The quantitative estimate of drug-likeness (QED) is 0.655. The summed E-state index contributed by atoms with van der Waals surface area (Å²) in [4.78, 5) is 28.5. The molecular weight excluding hydrogens is 346 g/mol. The molecule has 0 fully saturated rings. The molecule has 0 saturated carbocycles. The fourth-order valence-corrected chi connectivity index (χ4v) is 2.46. The zero-order valence-corrected chi connectivity index (χ0v) is 13.7. The topological polar surface area (TPSA) is 69.9 Å². The van der Waals surface area contributed by atoms with Crippen LogP contribution >= 0.6 is 0 Å². The summed E-state index contributed by atoms with van der Waals surface area (Å²) in [6.07, 6.45) is 0. The lowest BCUT2D eigenvalue weighted by Gasteiger charge is -2.08. The largest absolute Gasteiger partial charge is 0.456 e. The highest BCUT2D eigenvalue weighted by molar-refractivity contribution is 5.89. The second-order valence-electron chi connectivity index (χ2n) is 5.43. The van der Waals surface area contributed by atoms with E-state index in [9.17, 15) is 18.4 Å². The molecule has 0 atom stereocenters. The molecule has 2 aromatic heterocycles. The van der Waals surface area contributed by atoms with Gasteiger partial charge >= 0.3 is 12.6 Å². The number of pyridine rings is 1. The number of benzene rings is 1. The van der Waals surface area contributed by atoms with Gasteiger partial charge in [0.25, 0.3) is 5.56 Å². The first-order valence-electron chi connectivity index (χ1n) is 7.64. The van der Waals surface area contributed by atoms with E-state index in [4.69, 9.17) is 4.74 Å². The Morgan fingerprint density at radius 2 is 1.96 bits per heavy atom. The van der Waals surface area contributed by atoms with E-state index in [0.29, 0.717) is 5.65 Å². The summed E-state index contributed by atoms with van der Waals surface area (Å²) in [7, 11) is 0. The average Bonchev–Trinajstić information content (AvgIpc) is 2.59. The Hall–Kier alpha value is -3.29. The molecule has 0 saturated heterocycles. The van der Waals surface area contributed by atoms with Crippen molar-refractivity contribution in [1.82, 2.24) is 9.38 Å². The third-order valence-electron chi connectivity index (χ3n) is 3.58. The second-order valence-corrected chi connectivity index (χ2v) is 5.43. The van der Waals surface area contributed by atoms with Gasteiger partial charge in [0.2, 0.25) is 0 Å². The summed E-state index contributed by atoms with van der Waals surface area (Å²) in [6.45, 7) is -1.43. The minimum atomic E-state index is -2.99. The maximum absolute atomic E-state index is 12.2. The Morgan fingerprint density at radius 1 is 1.19 bits per heavy atom. The van der Waals surface area contributed by atoms with E-state index in [1.165, 1.54) is 28.7 Å². The summed E-state index contributed by atoms with van der Waals surface area (Å²) in [5.41, 5.74) is 1.23. The maximum Gasteiger partial charge on any atom is 0.387 e. The lowest BCUT2D eigenvalue weighted by molar-refractivity contribution is -0.0499. The molecule has 0 aliphatic rings. The van der Waals surface area contributed by atoms with Crippen LogP contribution in [0.1, 0.15) is 21.7 Å². The second kappa shape index (κ2) is 7.30. The van der Waals surface area contributed by atoms with E-state index < -0.39 is 12.6 Å². The van der Waals surface area contributed by atoms with Gasteiger partial charge in [-0.15, -0.1) is 0 Å². The zero-order chi connectivity index (χ0) is 18.7. The number of aromatic nitrogens is 2. The number of nitrogens with zero attached hydrogens (tertiary/aromatic N) is 2. The molecule has 0 aliphatic heterocycles. The van der Waals surface area contributed by atoms with Crippen LogP contribution in [0.4, 0.5) is 8.78 Å². The number of alkyl halides is 2. The molecule has 0 unspecified atom stereocenters. The van der Waals surface area contributed by atoms with Crippen molar-refractivity contribution in [2.75, 3.05) is 0 Å². The van der Waals surface area contributed by atoms with Gasteiger partial charge in [0, 0.05) is 11.8 Å². The number of hydrogen-bond donors (Lipinski definition) is 0. The lowest BCUT2D eigenvalue weighted by Crippen LogP contribution is -2.18. The van der Waals surface area contributed by atoms with Gasteiger partial charge in [-0.25, -0.2) is 9.78 Å². The number of halogens is 2. The van der Waals surface area contributed by atoms with E-state index in [0.717, 1.165) is 11.8 Å². The van der Waals surface area contributed by atoms with Gasteiger partial charge in [-0.2, -0.15) is 8.78 Å². The molecule has 8 heteroatoms. The van der Waals surface area contributed by atoms with E-state index in [2.05, 4.69) is 9.72 Å². The van der Waals surface area contributed by atoms with Crippen LogP contribution in [0.2, 0.25) is 0 Å². The number of esters is 1. The highest BCUT2D eigenvalue weighted by Crippen LogP contribution is 2.17. The van der Waals surface area contributed by atoms with Crippen molar-refractivity contribution in [3.8, 4) is 5.75 Å². The van der Waals surface area contributed by atoms with Crippen molar-refractivity contribution in [3.05, 3.63) is 75.8 Å². The fraction of sp³-hybridized carbons (Fsp3) is 0.167. The summed E-state index contributed by atoms with van der Waals surface area (Å²) in [6, 6.07) is 11.8. The van der Waals surface area contributed by atoms with Gasteiger partial charge in [-0.1, -0.05) is 12.1 Å². The number of aryl methyl sites for hydroxylation is 1. The van der Waals surface area contributed by atoms with Gasteiger partial charge < -0.3 is 9.47 Å². The predicted octanol–water partition coefficient (Wildman–Crippen LogP) is 2.96. The fourth-order valence-electron chi connectivity index (χ4n) is 2.46. The van der Waals surface area contributed by atoms with Gasteiger partial charge in [-0.05, 0) is 37.3 Å². The van der Waals surface area contributed by atoms with E-state index >= 15 is 0 Å². The number of rotatable bonds is 5. The van der Waals surface area contributed by atoms with Gasteiger partial charge in [0.1, 0.15) is 18.0 Å². The molecule has 1 aromatic carbocycles. The number of ether oxygens (including phenoxy) is 2. The Morgan fingerprint density at radius 3 is 2.73 bits per heavy atom. The Balaban J connectivity index is 1.76. The Bertz CT molecular complexity index is 1020. The number of hydrogen-bond acceptors (Lipinski definition) is 5. The Kier molecular flexibility index (Phi) is 4.92. The Labute approximate surface area is 146 Å². The number of fused-ring (bicyclic) bond motifs is 1. The van der Waals surface area contributed by atoms with Crippen molar-refractivity contribution in [2.45, 2.75) is 20.1 Å². The molecule has 0 amide bonds. The normalized spacial score (nSPS) is 10.9. The van der Waals surface area contributed by atoms with Crippen molar-refractivity contribution in [1.29, 1.82) is 0 Å². The van der Waals surface area contributed by atoms with Crippen LogP contribution in [0.5, 0.6) is 5.75 Å². The van der Waals surface area contributed by atoms with Gasteiger partial charge in [0.05, 0.1) is 11.3 Å². The highest BCUT2D eigenvalue weighted by atomic mass is 19.3. The molecule has 134 valence electrons. The average molecular weight is 360 g/mol. The standard InChI is InChI=1S/C18H14F2N2O4/c1-11-4-2-7-15-21-13(9-16(23)22(11)15)10-25-17(24)12-5-3-6-14(8-12)26-18(19)20/h2-9,18H,10H2,1H3. The predicted molar refractivity (Wildman–Crippen MR) is 88.4 cm³/mol. The third-order valence-corrected chi connectivity index (χ3v) is 3.58. The maximum atomic E-state index is 12.2. The summed E-state index contributed by atoms with van der Waals surface area (Å²) in [5, 5.41) is 0. The monoisotopic (exact) mass is 360 g/mol.